The molecule has 0 unspecified atom stereocenters. The number of rotatable bonds is 3. The maximum atomic E-state index is 13.6. The van der Waals surface area contributed by atoms with E-state index >= 15 is 0 Å². The molecule has 1 aromatic carbocycles. The molecule has 110 valence electrons. The van der Waals surface area contributed by atoms with Gasteiger partial charge in [-0.25, -0.2) is 17.9 Å². The van der Waals surface area contributed by atoms with E-state index in [9.17, 15) is 22.4 Å². The van der Waals surface area contributed by atoms with Gasteiger partial charge in [-0.3, -0.25) is 9.59 Å². The lowest BCUT2D eigenvalue weighted by atomic mass is 10.2. The van der Waals surface area contributed by atoms with Gasteiger partial charge in [-0.2, -0.15) is 0 Å². The highest BCUT2D eigenvalue weighted by atomic mass is 32.2. The predicted molar refractivity (Wildman–Crippen MR) is 72.8 cm³/mol. The summed E-state index contributed by atoms with van der Waals surface area (Å²) in [5, 5.41) is 7.05. The standard InChI is InChI=1S/C12H10FN3O4S/c13-9-2-1-7(21(14,19)20)5-10(9)16-12(18)8-6-15-4-3-11(8)17/h1-6H,(H,15,17)(H,16,18)(H2,14,19,20). The Labute approximate surface area is 118 Å². The van der Waals surface area contributed by atoms with Crippen LogP contribution in [0.5, 0.6) is 0 Å². The number of aromatic nitrogens is 1. The van der Waals surface area contributed by atoms with E-state index in [1.54, 1.807) is 0 Å². The molecule has 0 aliphatic carbocycles. The van der Waals surface area contributed by atoms with E-state index in [1.807, 2.05) is 0 Å². The quantitative estimate of drug-likeness (QED) is 0.760. The van der Waals surface area contributed by atoms with Crippen molar-refractivity contribution >= 4 is 21.6 Å². The number of aromatic amines is 1. The second-order valence-corrected chi connectivity index (χ2v) is 5.62. The summed E-state index contributed by atoms with van der Waals surface area (Å²) in [5.74, 6) is -1.73. The van der Waals surface area contributed by atoms with Crippen LogP contribution in [0.15, 0.2) is 46.3 Å². The van der Waals surface area contributed by atoms with Crippen molar-refractivity contribution < 1.29 is 17.6 Å². The van der Waals surface area contributed by atoms with E-state index in [4.69, 9.17) is 5.14 Å². The summed E-state index contributed by atoms with van der Waals surface area (Å²) >= 11 is 0. The van der Waals surface area contributed by atoms with E-state index in [-0.39, 0.29) is 10.5 Å². The van der Waals surface area contributed by atoms with Crippen LogP contribution in [-0.4, -0.2) is 19.3 Å². The number of sulfonamides is 1. The van der Waals surface area contributed by atoms with Gasteiger partial charge in [-0.15, -0.1) is 0 Å². The van der Waals surface area contributed by atoms with Gasteiger partial charge in [0.1, 0.15) is 11.4 Å². The molecule has 0 bridgehead atoms. The van der Waals surface area contributed by atoms with Gasteiger partial charge in [0, 0.05) is 18.5 Å². The van der Waals surface area contributed by atoms with E-state index in [2.05, 4.69) is 10.3 Å². The Bertz CT molecular complexity index is 861. The molecule has 0 aliphatic rings. The number of primary sulfonamides is 1. The fourth-order valence-electron chi connectivity index (χ4n) is 1.56. The smallest absolute Gasteiger partial charge is 0.261 e. The zero-order valence-electron chi connectivity index (χ0n) is 10.5. The van der Waals surface area contributed by atoms with Gasteiger partial charge in [0.25, 0.3) is 5.91 Å². The number of nitrogens with two attached hydrogens (primary N) is 1. The Morgan fingerprint density at radius 1 is 1.29 bits per heavy atom. The topological polar surface area (TPSA) is 122 Å². The third kappa shape index (κ3) is 3.33. The number of pyridine rings is 1. The van der Waals surface area contributed by atoms with Crippen LogP contribution in [0.1, 0.15) is 10.4 Å². The van der Waals surface area contributed by atoms with E-state index in [0.29, 0.717) is 0 Å². The van der Waals surface area contributed by atoms with Crippen molar-refractivity contribution in [3.8, 4) is 0 Å². The van der Waals surface area contributed by atoms with E-state index in [0.717, 1.165) is 30.5 Å². The number of carbonyl (C=O) groups excluding carboxylic acids is 1. The number of anilines is 1. The highest BCUT2D eigenvalue weighted by Gasteiger charge is 2.15. The lowest BCUT2D eigenvalue weighted by Gasteiger charge is -2.07. The van der Waals surface area contributed by atoms with E-state index < -0.39 is 32.9 Å². The lowest BCUT2D eigenvalue weighted by molar-refractivity contribution is 0.102. The Kier molecular flexibility index (Phi) is 3.87. The van der Waals surface area contributed by atoms with Crippen molar-refractivity contribution in [2.24, 2.45) is 5.14 Å². The van der Waals surface area contributed by atoms with Crippen molar-refractivity contribution in [1.82, 2.24) is 4.98 Å². The number of H-pyrrole nitrogens is 1. The molecule has 1 heterocycles. The summed E-state index contributed by atoms with van der Waals surface area (Å²) in [6.45, 7) is 0. The maximum Gasteiger partial charge on any atom is 0.261 e. The van der Waals surface area contributed by atoms with Crippen molar-refractivity contribution in [3.05, 3.63) is 58.3 Å². The SMILES string of the molecule is NS(=O)(=O)c1ccc(F)c(NC(=O)c2c[nH]ccc2=O)c1. The molecule has 0 radical (unpaired) electrons. The van der Waals surface area contributed by atoms with Gasteiger partial charge in [0.15, 0.2) is 5.43 Å². The van der Waals surface area contributed by atoms with Gasteiger partial charge in [-0.1, -0.05) is 0 Å². The van der Waals surface area contributed by atoms with Crippen molar-refractivity contribution in [2.45, 2.75) is 4.90 Å². The van der Waals surface area contributed by atoms with Crippen LogP contribution in [0, 0.1) is 5.82 Å². The van der Waals surface area contributed by atoms with Crippen molar-refractivity contribution in [1.29, 1.82) is 0 Å². The van der Waals surface area contributed by atoms with Crippen LogP contribution in [-0.2, 0) is 10.0 Å². The summed E-state index contributed by atoms with van der Waals surface area (Å²) in [5.41, 5.74) is -1.19. The average Bonchev–Trinajstić information content (AvgIpc) is 2.40. The molecule has 0 spiro atoms. The number of carbonyl (C=O) groups is 1. The molecule has 0 atom stereocenters. The van der Waals surface area contributed by atoms with Gasteiger partial charge < -0.3 is 10.3 Å². The molecule has 2 aromatic rings. The predicted octanol–water partition coefficient (Wildman–Crippen LogP) is 0.414. The number of halogens is 1. The Morgan fingerprint density at radius 3 is 2.62 bits per heavy atom. The van der Waals surface area contributed by atoms with Crippen LogP contribution < -0.4 is 15.9 Å². The minimum absolute atomic E-state index is 0.238. The normalized spacial score (nSPS) is 11.1. The molecule has 2 rings (SSSR count). The first-order valence-corrected chi connectivity index (χ1v) is 7.14. The summed E-state index contributed by atoms with van der Waals surface area (Å²) in [4.78, 5) is 25.5. The van der Waals surface area contributed by atoms with Gasteiger partial charge >= 0.3 is 0 Å². The zero-order chi connectivity index (χ0) is 15.6. The largest absolute Gasteiger partial charge is 0.367 e. The molecule has 0 aliphatic heterocycles. The zero-order valence-corrected chi connectivity index (χ0v) is 11.3. The fourth-order valence-corrected chi connectivity index (χ4v) is 2.10. The second kappa shape index (κ2) is 5.46. The first-order chi connectivity index (χ1) is 9.79. The maximum absolute atomic E-state index is 13.6. The minimum Gasteiger partial charge on any atom is -0.367 e. The third-order valence-corrected chi connectivity index (χ3v) is 3.49. The third-order valence-electron chi connectivity index (χ3n) is 2.58. The molecule has 9 heteroatoms. The van der Waals surface area contributed by atoms with Crippen LogP contribution >= 0.6 is 0 Å². The molecule has 21 heavy (non-hydrogen) atoms. The second-order valence-electron chi connectivity index (χ2n) is 4.06. The summed E-state index contributed by atoms with van der Waals surface area (Å²) in [6.07, 6.45) is 2.49. The van der Waals surface area contributed by atoms with Crippen molar-refractivity contribution in [3.63, 3.8) is 0 Å². The Hall–Kier alpha value is -2.52. The number of hydrogen-bond acceptors (Lipinski definition) is 4. The van der Waals surface area contributed by atoms with Gasteiger partial charge in [0.05, 0.1) is 10.6 Å². The minimum atomic E-state index is -4.04. The molecular weight excluding hydrogens is 301 g/mol. The molecule has 1 amide bonds. The van der Waals surface area contributed by atoms with Crippen LogP contribution in [0.25, 0.3) is 0 Å². The Balaban J connectivity index is 2.38. The first-order valence-electron chi connectivity index (χ1n) is 5.60. The molecule has 0 fully saturated rings. The van der Waals surface area contributed by atoms with Crippen molar-refractivity contribution in [2.75, 3.05) is 5.32 Å². The number of nitrogens with one attached hydrogen (secondary N) is 2. The molecular formula is C12H10FN3O4S. The summed E-state index contributed by atoms with van der Waals surface area (Å²) in [7, 11) is -4.04. The molecule has 0 saturated heterocycles. The molecule has 0 saturated carbocycles. The Morgan fingerprint density at radius 2 is 2.00 bits per heavy atom. The van der Waals surface area contributed by atoms with Gasteiger partial charge in [-0.05, 0) is 18.2 Å². The molecule has 4 N–H and O–H groups in total. The lowest BCUT2D eigenvalue weighted by Crippen LogP contribution is -2.21. The highest BCUT2D eigenvalue weighted by molar-refractivity contribution is 7.89. The molecule has 1 aromatic heterocycles. The van der Waals surface area contributed by atoms with Crippen LogP contribution in [0.3, 0.4) is 0 Å². The summed E-state index contributed by atoms with van der Waals surface area (Å²) in [6, 6.07) is 3.83. The highest BCUT2D eigenvalue weighted by Crippen LogP contribution is 2.19. The molecule has 7 nitrogen and oxygen atoms in total. The van der Waals surface area contributed by atoms with Gasteiger partial charge in [0.2, 0.25) is 10.0 Å². The first kappa shape index (κ1) is 14.9. The van der Waals surface area contributed by atoms with Crippen LogP contribution in [0.4, 0.5) is 10.1 Å². The average molecular weight is 311 g/mol. The fraction of sp³-hybridized carbons (Fsp3) is 0. The number of benzene rings is 1. The van der Waals surface area contributed by atoms with Crippen LogP contribution in [0.2, 0.25) is 0 Å². The van der Waals surface area contributed by atoms with E-state index in [1.165, 1.54) is 6.20 Å². The summed E-state index contributed by atoms with van der Waals surface area (Å²) < 4.78 is 36.0. The number of hydrogen-bond donors (Lipinski definition) is 3. The monoisotopic (exact) mass is 311 g/mol. The number of amides is 1.